The molecule has 0 bridgehead atoms. The summed E-state index contributed by atoms with van der Waals surface area (Å²) in [6.45, 7) is 3.16. The third kappa shape index (κ3) is 5.70. The van der Waals surface area contributed by atoms with Gasteiger partial charge in [-0.2, -0.15) is 0 Å². The van der Waals surface area contributed by atoms with Crippen LogP contribution in [0.3, 0.4) is 0 Å². The molecular weight excluding hydrogens is 342 g/mol. The number of thiazole rings is 1. The topological polar surface area (TPSA) is 46.4 Å². The van der Waals surface area contributed by atoms with Crippen molar-refractivity contribution in [2.24, 2.45) is 4.99 Å². The minimum Gasteiger partial charge on any atom is -0.353 e. The second-order valence-corrected chi connectivity index (χ2v) is 8.85. The maximum Gasteiger partial charge on any atom is 0.226 e. The van der Waals surface area contributed by atoms with E-state index < -0.39 is 0 Å². The standard InChI is InChI=1S/C21H35N3OS/c1-2-14-24-19(15-20(25)22-17-10-6-3-4-7-11-17)16-26-21(24)23-18-12-8-5-9-13-18/h16-18H,2-15H2,1H3,(H,22,25). The summed E-state index contributed by atoms with van der Waals surface area (Å²) in [5.74, 6) is 0.184. The highest BCUT2D eigenvalue weighted by molar-refractivity contribution is 7.07. The number of nitrogens with one attached hydrogen (secondary N) is 1. The van der Waals surface area contributed by atoms with Crippen molar-refractivity contribution in [3.8, 4) is 0 Å². The number of rotatable bonds is 6. The lowest BCUT2D eigenvalue weighted by molar-refractivity contribution is -0.121. The Morgan fingerprint density at radius 3 is 2.46 bits per heavy atom. The second-order valence-electron chi connectivity index (χ2n) is 8.01. The van der Waals surface area contributed by atoms with E-state index in [0.717, 1.165) is 36.3 Å². The molecule has 146 valence electrons. The Kier molecular flexibility index (Phi) is 7.78. The Balaban J connectivity index is 1.66. The van der Waals surface area contributed by atoms with Crippen molar-refractivity contribution < 1.29 is 4.79 Å². The summed E-state index contributed by atoms with van der Waals surface area (Å²) < 4.78 is 2.30. The fraction of sp³-hybridized carbons (Fsp3) is 0.810. The van der Waals surface area contributed by atoms with E-state index in [1.807, 2.05) is 0 Å². The van der Waals surface area contributed by atoms with Gasteiger partial charge in [0.2, 0.25) is 5.91 Å². The number of hydrogen-bond donors (Lipinski definition) is 1. The highest BCUT2D eigenvalue weighted by Crippen LogP contribution is 2.20. The monoisotopic (exact) mass is 377 g/mol. The van der Waals surface area contributed by atoms with Crippen LogP contribution < -0.4 is 10.1 Å². The molecular formula is C21H35N3OS. The number of hydrogen-bond acceptors (Lipinski definition) is 3. The van der Waals surface area contributed by atoms with Crippen LogP contribution in [0.2, 0.25) is 0 Å². The fourth-order valence-electron chi connectivity index (χ4n) is 4.30. The number of carbonyl (C=O) groups is 1. The average molecular weight is 378 g/mol. The first kappa shape index (κ1) is 19.7. The molecule has 0 unspecified atom stereocenters. The molecule has 0 aliphatic heterocycles. The van der Waals surface area contributed by atoms with E-state index in [1.165, 1.54) is 57.8 Å². The Morgan fingerprint density at radius 2 is 1.77 bits per heavy atom. The van der Waals surface area contributed by atoms with Gasteiger partial charge in [0, 0.05) is 23.7 Å². The van der Waals surface area contributed by atoms with Crippen LogP contribution in [0.25, 0.3) is 0 Å². The zero-order valence-corrected chi connectivity index (χ0v) is 17.2. The number of nitrogens with zero attached hydrogens (tertiary/aromatic N) is 2. The van der Waals surface area contributed by atoms with E-state index in [4.69, 9.17) is 4.99 Å². The number of amides is 1. The van der Waals surface area contributed by atoms with Crippen molar-refractivity contribution in [3.05, 3.63) is 15.9 Å². The van der Waals surface area contributed by atoms with E-state index in [9.17, 15) is 4.79 Å². The molecule has 5 heteroatoms. The molecule has 0 aromatic carbocycles. The third-order valence-electron chi connectivity index (χ3n) is 5.75. The summed E-state index contributed by atoms with van der Waals surface area (Å²) in [7, 11) is 0. The van der Waals surface area contributed by atoms with Crippen molar-refractivity contribution >= 4 is 17.2 Å². The van der Waals surface area contributed by atoms with E-state index in [-0.39, 0.29) is 5.91 Å². The third-order valence-corrected chi connectivity index (χ3v) is 6.68. The van der Waals surface area contributed by atoms with Gasteiger partial charge in [-0.25, -0.2) is 0 Å². The molecule has 1 amide bonds. The molecule has 0 radical (unpaired) electrons. The SMILES string of the molecule is CCCn1c(CC(=O)NC2CCCCCC2)csc1=NC1CCCCC1. The molecule has 1 N–H and O–H groups in total. The van der Waals surface area contributed by atoms with Crippen molar-refractivity contribution in [1.82, 2.24) is 9.88 Å². The highest BCUT2D eigenvalue weighted by atomic mass is 32.1. The predicted molar refractivity (Wildman–Crippen MR) is 108 cm³/mol. The molecule has 26 heavy (non-hydrogen) atoms. The minimum atomic E-state index is 0.184. The molecule has 1 aromatic heterocycles. The maximum absolute atomic E-state index is 12.6. The highest BCUT2D eigenvalue weighted by Gasteiger charge is 2.17. The van der Waals surface area contributed by atoms with Crippen LogP contribution in [0.4, 0.5) is 0 Å². The van der Waals surface area contributed by atoms with Crippen LogP contribution in [-0.2, 0) is 17.8 Å². The van der Waals surface area contributed by atoms with Crippen LogP contribution in [0.15, 0.2) is 10.4 Å². The Hall–Kier alpha value is -1.10. The van der Waals surface area contributed by atoms with Crippen LogP contribution in [0.5, 0.6) is 0 Å². The molecule has 0 saturated heterocycles. The van der Waals surface area contributed by atoms with Gasteiger partial charge in [-0.15, -0.1) is 11.3 Å². The van der Waals surface area contributed by atoms with Gasteiger partial charge in [-0.05, 0) is 32.1 Å². The summed E-state index contributed by atoms with van der Waals surface area (Å²) in [5, 5.41) is 5.45. The van der Waals surface area contributed by atoms with Gasteiger partial charge in [0.15, 0.2) is 4.80 Å². The normalized spacial score (nSPS) is 20.9. The summed E-state index contributed by atoms with van der Waals surface area (Å²) >= 11 is 1.72. The summed E-state index contributed by atoms with van der Waals surface area (Å²) in [6.07, 6.45) is 15.4. The van der Waals surface area contributed by atoms with Crippen molar-refractivity contribution in [1.29, 1.82) is 0 Å². The number of aromatic nitrogens is 1. The van der Waals surface area contributed by atoms with Crippen LogP contribution >= 0.6 is 11.3 Å². The summed E-state index contributed by atoms with van der Waals surface area (Å²) in [6, 6.07) is 0.868. The van der Waals surface area contributed by atoms with Crippen molar-refractivity contribution in [2.45, 2.75) is 109 Å². The first-order valence-corrected chi connectivity index (χ1v) is 11.6. The molecule has 3 rings (SSSR count). The van der Waals surface area contributed by atoms with Gasteiger partial charge in [-0.3, -0.25) is 9.79 Å². The first-order chi connectivity index (χ1) is 12.8. The van der Waals surface area contributed by atoms with Crippen LogP contribution in [0, 0.1) is 0 Å². The molecule has 1 aromatic rings. The molecule has 4 nitrogen and oxygen atoms in total. The average Bonchev–Trinajstić information content (AvgIpc) is 2.85. The molecule has 2 saturated carbocycles. The zero-order valence-electron chi connectivity index (χ0n) is 16.3. The molecule has 2 aliphatic rings. The zero-order chi connectivity index (χ0) is 18.2. The van der Waals surface area contributed by atoms with Gasteiger partial charge in [0.25, 0.3) is 0 Å². The summed E-state index contributed by atoms with van der Waals surface area (Å²) in [4.78, 5) is 18.8. The van der Waals surface area contributed by atoms with E-state index in [1.54, 1.807) is 11.3 Å². The van der Waals surface area contributed by atoms with Crippen LogP contribution in [0.1, 0.15) is 89.7 Å². The van der Waals surface area contributed by atoms with Crippen LogP contribution in [-0.4, -0.2) is 22.6 Å². The minimum absolute atomic E-state index is 0.184. The van der Waals surface area contributed by atoms with Crippen molar-refractivity contribution in [3.63, 3.8) is 0 Å². The predicted octanol–water partition coefficient (Wildman–Crippen LogP) is 4.57. The Morgan fingerprint density at radius 1 is 1.12 bits per heavy atom. The lowest BCUT2D eigenvalue weighted by Crippen LogP contribution is -2.36. The molecule has 2 fully saturated rings. The van der Waals surface area contributed by atoms with Gasteiger partial charge < -0.3 is 9.88 Å². The van der Waals surface area contributed by atoms with Gasteiger partial charge >= 0.3 is 0 Å². The Bertz CT molecular complexity index is 619. The second kappa shape index (κ2) is 10.3. The smallest absolute Gasteiger partial charge is 0.226 e. The van der Waals surface area contributed by atoms with Crippen molar-refractivity contribution in [2.75, 3.05) is 0 Å². The summed E-state index contributed by atoms with van der Waals surface area (Å²) in [5.41, 5.74) is 1.14. The van der Waals surface area contributed by atoms with Gasteiger partial charge in [-0.1, -0.05) is 51.9 Å². The van der Waals surface area contributed by atoms with Gasteiger partial charge in [0.05, 0.1) is 12.5 Å². The molecule has 1 heterocycles. The van der Waals surface area contributed by atoms with E-state index in [2.05, 4.69) is 22.2 Å². The fourth-order valence-corrected chi connectivity index (χ4v) is 5.30. The molecule has 0 spiro atoms. The van der Waals surface area contributed by atoms with E-state index >= 15 is 0 Å². The lowest BCUT2D eigenvalue weighted by atomic mass is 9.96. The maximum atomic E-state index is 12.6. The molecule has 0 atom stereocenters. The largest absolute Gasteiger partial charge is 0.353 e. The first-order valence-electron chi connectivity index (χ1n) is 10.8. The van der Waals surface area contributed by atoms with Gasteiger partial charge in [0.1, 0.15) is 0 Å². The molecule has 2 aliphatic carbocycles. The van der Waals surface area contributed by atoms with E-state index in [0.29, 0.717) is 18.5 Å². The number of carbonyl (C=O) groups excluding carboxylic acids is 1. The lowest BCUT2D eigenvalue weighted by Gasteiger charge is -2.18. The quantitative estimate of drug-likeness (QED) is 0.725. The Labute approximate surface area is 162 Å².